The van der Waals surface area contributed by atoms with Crippen LogP contribution in [0.3, 0.4) is 0 Å². The highest BCUT2D eigenvalue weighted by atomic mass is 16.5. The Hall–Kier alpha value is -10.4. The summed E-state index contributed by atoms with van der Waals surface area (Å²) >= 11 is 0. The Kier molecular flexibility index (Phi) is 11.4. The molecule has 0 radical (unpaired) electrons. The monoisotopic (exact) mass is 1140 g/mol. The second-order valence-electron chi connectivity index (χ2n) is 25.7. The highest BCUT2D eigenvalue weighted by Gasteiger charge is 2.52. The molecule has 2 aliphatic heterocycles. The van der Waals surface area contributed by atoms with Crippen LogP contribution >= 0.6 is 0 Å². The predicted octanol–water partition coefficient (Wildman–Crippen LogP) is 21.6. The van der Waals surface area contributed by atoms with Gasteiger partial charge in [0.25, 0.3) is 0 Å². The van der Waals surface area contributed by atoms with Crippen LogP contribution in [0.15, 0.2) is 267 Å². The van der Waals surface area contributed by atoms with Crippen molar-refractivity contribution in [2.24, 2.45) is 0 Å². The number of pyridine rings is 1. The number of nitrogens with zero attached hydrogens (tertiary/aromatic N) is 5. The highest BCUT2D eigenvalue weighted by molar-refractivity contribution is 6.10. The number of para-hydroxylation sites is 7. The minimum atomic E-state index is -2.29. The zero-order chi connectivity index (χ0) is 62.1. The number of hydrogen-bond donors (Lipinski definition) is 0. The molecule has 6 nitrogen and oxygen atoms in total. The van der Waals surface area contributed by atoms with Crippen LogP contribution in [0.5, 0.6) is 11.5 Å². The molecule has 0 fully saturated rings. The van der Waals surface area contributed by atoms with Gasteiger partial charge in [0.1, 0.15) is 24.0 Å². The van der Waals surface area contributed by atoms with Gasteiger partial charge >= 0.3 is 0 Å². The van der Waals surface area contributed by atoms with E-state index in [1.165, 1.54) is 55.6 Å². The Balaban J connectivity index is 0.866. The second-order valence-corrected chi connectivity index (χ2v) is 25.7. The van der Waals surface area contributed by atoms with E-state index in [9.17, 15) is 0 Å². The largest absolute Gasteiger partial charge is 0.457 e. The van der Waals surface area contributed by atoms with Gasteiger partial charge in [0.15, 0.2) is 0 Å². The van der Waals surface area contributed by atoms with E-state index in [4.69, 9.17) is 13.8 Å². The van der Waals surface area contributed by atoms with Crippen molar-refractivity contribution in [3.05, 3.63) is 306 Å². The molecule has 426 valence electrons. The third-order valence-corrected chi connectivity index (χ3v) is 18.5. The Morgan fingerprint density at radius 3 is 1.74 bits per heavy atom. The maximum Gasteiger partial charge on any atom is 0.137 e. The summed E-state index contributed by atoms with van der Waals surface area (Å²) in [5.41, 5.74) is 23.6. The van der Waals surface area contributed by atoms with Crippen LogP contribution in [-0.4, -0.2) is 16.2 Å². The van der Waals surface area contributed by atoms with Crippen molar-refractivity contribution >= 4 is 61.6 Å². The summed E-state index contributed by atoms with van der Waals surface area (Å²) in [5.74, 6) is 1.85. The van der Waals surface area contributed by atoms with Crippen molar-refractivity contribution in [1.29, 1.82) is 0 Å². The van der Waals surface area contributed by atoms with Crippen LogP contribution < -0.4 is 19.4 Å². The molecule has 0 atom stereocenters. The van der Waals surface area contributed by atoms with Gasteiger partial charge in [0.05, 0.1) is 44.9 Å². The Bertz CT molecular complexity index is 4990. The predicted molar refractivity (Wildman–Crippen MR) is 366 cm³/mol. The average molecular weight is 1140 g/mol. The fraction of sp³-hybridized carbons (Fsp3) is 0.134. The van der Waals surface area contributed by atoms with Gasteiger partial charge < -0.3 is 19.4 Å². The van der Waals surface area contributed by atoms with Gasteiger partial charge in [-0.15, -0.1) is 0 Å². The summed E-state index contributed by atoms with van der Waals surface area (Å²) in [4.78, 5) is 12.1. The first-order valence-corrected chi connectivity index (χ1v) is 30.5. The molecule has 88 heavy (non-hydrogen) atoms. The van der Waals surface area contributed by atoms with E-state index in [1.807, 2.05) is 41.0 Å². The fourth-order valence-corrected chi connectivity index (χ4v) is 14.4. The minimum Gasteiger partial charge on any atom is -0.457 e. The summed E-state index contributed by atoms with van der Waals surface area (Å²) in [6.07, 6.45) is 1.57. The molecule has 0 bridgehead atoms. The lowest BCUT2D eigenvalue weighted by Gasteiger charge is -2.45. The first-order valence-electron chi connectivity index (χ1n) is 32.0. The van der Waals surface area contributed by atoms with E-state index in [0.29, 0.717) is 24.0 Å². The van der Waals surface area contributed by atoms with E-state index >= 15 is 0 Å². The average Bonchev–Trinajstić information content (AvgIpc) is 1.57. The maximum absolute atomic E-state index is 8.20. The van der Waals surface area contributed by atoms with Crippen molar-refractivity contribution < 1.29 is 8.85 Å². The van der Waals surface area contributed by atoms with Gasteiger partial charge in [-0.05, 0) is 158 Å². The standard InChI is InChI=1S/C82H67N5O/c1-53-44-45-83-77(46-53)87-71-37-16-12-28-62(71)63-43-42-60(51-76(63)87)88-59-27-21-26-58(50-59)84-52-85(75-41-20-19-40-74(75)84)79-61(54-47-55(80(2,3)4)49-56(48-54)81(5,6)7)30-22-32-65(79)64-31-23-36-70-78(64)66-29-11-13-33-67(66)82(70)68-34-14-17-38-72(68)86(57-24-9-8-10-25-57)73-39-18-15-35-69(73)82/h8-51H,52H2,1-7H3/i1D3. The number of fused-ring (bicyclic) bond motifs is 13. The molecule has 0 amide bonds. The SMILES string of the molecule is [2H]C([2H])([2H])c1ccnc(-n2c3ccccc3c3ccc(Oc4cccc(N5CN(c6c(-c7cc(C(C)(C)C)cc(C(C)(C)C)c7)cccc6-c6cccc7c6-c6ccccc6C76c7ccccc7N(c7ccccc7)c7ccccc76)c6ccccc65)c4)cc32)c1. The Labute approximate surface area is 520 Å². The molecule has 0 saturated carbocycles. The second kappa shape index (κ2) is 20.1. The first-order chi connectivity index (χ1) is 44.0. The van der Waals surface area contributed by atoms with Crippen LogP contribution in [-0.2, 0) is 16.2 Å². The number of rotatable bonds is 8. The van der Waals surface area contributed by atoms with Crippen molar-refractivity contribution in [3.8, 4) is 50.7 Å². The third kappa shape index (κ3) is 8.26. The first kappa shape index (κ1) is 49.8. The number of hydrogen-bond acceptors (Lipinski definition) is 5. The van der Waals surface area contributed by atoms with Crippen molar-refractivity contribution in [2.75, 3.05) is 21.4 Å². The van der Waals surface area contributed by atoms with Crippen molar-refractivity contribution in [1.82, 2.24) is 9.55 Å². The number of aromatic nitrogens is 2. The number of anilines is 7. The molecule has 3 aliphatic rings. The van der Waals surface area contributed by atoms with Gasteiger partial charge in [-0.25, -0.2) is 4.98 Å². The Morgan fingerprint density at radius 1 is 0.432 bits per heavy atom. The van der Waals surface area contributed by atoms with E-state index in [0.717, 1.165) is 72.7 Å². The van der Waals surface area contributed by atoms with Gasteiger partial charge in [0.2, 0.25) is 0 Å². The molecule has 4 heterocycles. The quantitative estimate of drug-likeness (QED) is 0.152. The molecule has 0 N–H and O–H groups in total. The lowest BCUT2D eigenvalue weighted by Crippen LogP contribution is -2.36. The van der Waals surface area contributed by atoms with E-state index in [2.05, 4.69) is 269 Å². The summed E-state index contributed by atoms with van der Waals surface area (Å²) in [6, 6.07) is 94.1. The minimum absolute atomic E-state index is 0.118. The normalized spacial score (nSPS) is 14.5. The zero-order valence-corrected chi connectivity index (χ0v) is 50.3. The van der Waals surface area contributed by atoms with Crippen LogP contribution in [0, 0.1) is 6.85 Å². The summed E-state index contributed by atoms with van der Waals surface area (Å²) in [6.45, 7) is 12.2. The van der Waals surface area contributed by atoms with Crippen molar-refractivity contribution in [3.63, 3.8) is 0 Å². The van der Waals surface area contributed by atoms with Gasteiger partial charge in [-0.3, -0.25) is 4.57 Å². The summed E-state index contributed by atoms with van der Waals surface area (Å²) in [5, 5.41) is 2.04. The molecule has 2 aromatic heterocycles. The third-order valence-electron chi connectivity index (χ3n) is 18.5. The molecule has 16 rings (SSSR count). The highest BCUT2D eigenvalue weighted by Crippen LogP contribution is 2.65. The van der Waals surface area contributed by atoms with Crippen LogP contribution in [0.25, 0.3) is 61.0 Å². The molecular formula is C82H67N5O. The smallest absolute Gasteiger partial charge is 0.137 e. The molecule has 0 unspecified atom stereocenters. The summed E-state index contributed by atoms with van der Waals surface area (Å²) < 4.78 is 33.5. The fourth-order valence-electron chi connectivity index (χ4n) is 14.4. The lowest BCUT2D eigenvalue weighted by molar-refractivity contribution is 0.483. The van der Waals surface area contributed by atoms with E-state index < -0.39 is 12.3 Å². The number of aryl methyl sites for hydroxylation is 1. The maximum atomic E-state index is 8.20. The van der Waals surface area contributed by atoms with E-state index in [-0.39, 0.29) is 16.4 Å². The van der Waals surface area contributed by atoms with Gasteiger partial charge in [-0.2, -0.15) is 0 Å². The lowest BCUT2D eigenvalue weighted by atomic mass is 9.64. The van der Waals surface area contributed by atoms with Crippen molar-refractivity contribution in [2.45, 2.75) is 64.6 Å². The van der Waals surface area contributed by atoms with Gasteiger partial charge in [0, 0.05) is 55.7 Å². The molecule has 13 aromatic rings. The molecule has 1 aliphatic carbocycles. The van der Waals surface area contributed by atoms with Crippen LogP contribution in [0.4, 0.5) is 39.8 Å². The molecule has 6 heteroatoms. The van der Waals surface area contributed by atoms with Crippen LogP contribution in [0.1, 0.15) is 84.6 Å². The molecule has 11 aromatic carbocycles. The number of ether oxygens (including phenoxy) is 1. The zero-order valence-electron chi connectivity index (χ0n) is 53.3. The Morgan fingerprint density at radius 2 is 1.00 bits per heavy atom. The van der Waals surface area contributed by atoms with Crippen LogP contribution in [0.2, 0.25) is 0 Å². The topological polar surface area (TPSA) is 36.8 Å². The molecular weight excluding hydrogens is 1070 g/mol. The van der Waals surface area contributed by atoms with E-state index in [1.54, 1.807) is 18.3 Å². The molecule has 0 saturated heterocycles. The molecule has 1 spiro atoms. The number of benzene rings is 11. The summed E-state index contributed by atoms with van der Waals surface area (Å²) in [7, 11) is 0. The van der Waals surface area contributed by atoms with Gasteiger partial charge in [-0.1, -0.05) is 211 Å².